The van der Waals surface area contributed by atoms with Crippen LogP contribution in [0.25, 0.3) is 0 Å². The van der Waals surface area contributed by atoms with E-state index in [0.717, 1.165) is 17.5 Å². The van der Waals surface area contributed by atoms with Gasteiger partial charge in [0.1, 0.15) is 18.2 Å². The fourth-order valence-corrected chi connectivity index (χ4v) is 6.56. The Kier molecular flexibility index (Phi) is 8.69. The number of carbonyl (C=O) groups excluding carboxylic acids is 1. The minimum absolute atomic E-state index is 0.0313. The normalized spacial score (nSPS) is 20.8. The average Bonchev–Trinajstić information content (AvgIpc) is 2.86. The fraction of sp³-hybridized carbons (Fsp3) is 0.485. The molecule has 4 rings (SSSR count). The molecule has 1 unspecified atom stereocenters. The van der Waals surface area contributed by atoms with Crippen LogP contribution in [0.15, 0.2) is 61.5 Å². The Bertz CT molecular complexity index is 1300. The fourth-order valence-electron chi connectivity index (χ4n) is 6.56. The van der Waals surface area contributed by atoms with Crippen molar-refractivity contribution in [2.24, 2.45) is 10.8 Å². The Morgan fingerprint density at radius 1 is 1.20 bits per heavy atom. The smallest absolute Gasteiger partial charge is 0.253 e. The number of aliphatic hydroxyl groups is 2. The van der Waals surface area contributed by atoms with Gasteiger partial charge in [0.05, 0.1) is 6.04 Å². The van der Waals surface area contributed by atoms with Crippen LogP contribution >= 0.6 is 0 Å². The summed E-state index contributed by atoms with van der Waals surface area (Å²) in [4.78, 5) is 15.4. The van der Waals surface area contributed by atoms with Crippen LogP contribution in [0.2, 0.25) is 0 Å². The van der Waals surface area contributed by atoms with Crippen molar-refractivity contribution in [2.45, 2.75) is 79.0 Å². The van der Waals surface area contributed by atoms with Gasteiger partial charge in [-0.2, -0.15) is 0 Å². The maximum atomic E-state index is 15.3. The molecule has 2 aliphatic heterocycles. The lowest BCUT2D eigenvalue weighted by Gasteiger charge is -2.50. The summed E-state index contributed by atoms with van der Waals surface area (Å²) in [7, 11) is 0. The third kappa shape index (κ3) is 7.00. The molecule has 0 aliphatic carbocycles. The molecule has 3 N–H and O–H groups in total. The molecule has 41 heavy (non-hydrogen) atoms. The lowest BCUT2D eigenvalue weighted by atomic mass is 9.71. The predicted octanol–water partition coefficient (Wildman–Crippen LogP) is 5.30. The number of likely N-dealkylation sites (tertiary alicyclic amines) is 1. The summed E-state index contributed by atoms with van der Waals surface area (Å²) in [6.45, 7) is 19.8. The van der Waals surface area contributed by atoms with Gasteiger partial charge in [0.25, 0.3) is 5.91 Å². The van der Waals surface area contributed by atoms with Crippen molar-refractivity contribution in [1.82, 2.24) is 15.1 Å². The van der Waals surface area contributed by atoms with Gasteiger partial charge in [-0.3, -0.25) is 4.79 Å². The molecule has 2 aliphatic rings. The highest BCUT2D eigenvalue weighted by molar-refractivity contribution is 5.79. The quantitative estimate of drug-likeness (QED) is 0.358. The van der Waals surface area contributed by atoms with E-state index in [1.54, 1.807) is 23.2 Å². The molecule has 0 radical (unpaired) electrons. The van der Waals surface area contributed by atoms with Gasteiger partial charge in [-0.05, 0) is 54.5 Å². The van der Waals surface area contributed by atoms with Crippen molar-refractivity contribution < 1.29 is 24.1 Å². The van der Waals surface area contributed by atoms with Crippen LogP contribution in [-0.2, 0) is 23.9 Å². The van der Waals surface area contributed by atoms with Gasteiger partial charge in [0, 0.05) is 48.4 Å². The molecule has 7 nitrogen and oxygen atoms in total. The zero-order chi connectivity index (χ0) is 30.2. The Hall–Kier alpha value is -3.20. The number of hydrogen-bond donors (Lipinski definition) is 3. The second kappa shape index (κ2) is 11.6. The number of benzene rings is 2. The lowest BCUT2D eigenvalue weighted by molar-refractivity contribution is -0.295. The van der Waals surface area contributed by atoms with Gasteiger partial charge in [-0.25, -0.2) is 9.29 Å². The monoisotopic (exact) mass is 565 g/mol. The van der Waals surface area contributed by atoms with Crippen molar-refractivity contribution in [3.63, 3.8) is 0 Å². The Labute approximate surface area is 243 Å². The zero-order valence-electron chi connectivity index (χ0n) is 25.0. The van der Waals surface area contributed by atoms with Gasteiger partial charge in [0.15, 0.2) is 0 Å². The molecule has 1 atom stereocenters. The topological polar surface area (TPSA) is 85.3 Å². The third-order valence-electron chi connectivity index (χ3n) is 8.15. The highest BCUT2D eigenvalue weighted by atomic mass is 19.1. The summed E-state index contributed by atoms with van der Waals surface area (Å²) in [5.41, 5.74) is 2.73. The number of nitrogens with zero attached hydrogens (tertiary/aromatic N) is 2. The molecule has 2 fully saturated rings. The van der Waals surface area contributed by atoms with Crippen LogP contribution in [0, 0.1) is 23.6 Å². The largest absolute Gasteiger partial charge is 0.488 e. The van der Waals surface area contributed by atoms with E-state index in [0.29, 0.717) is 49.5 Å². The standard InChI is InChI=1S/C33H44FN3O4/c1-8-36(28-14-15-30(38)35-23(28)3)17-26-22(2)10-9-11-29(26)41-18-24-12-13-25(16-27(24)34)33(39,40)37-20-31(4,5)19-32(6,7)21-37/h8-13,16,28,39-40H,1,3,14-15,17-21H2,2,4-7H3,(H,35,38). The number of hydrogen-bond acceptors (Lipinski definition) is 6. The Morgan fingerprint density at radius 3 is 2.49 bits per heavy atom. The molecule has 0 saturated carbocycles. The van der Waals surface area contributed by atoms with Crippen LogP contribution < -0.4 is 10.1 Å². The highest BCUT2D eigenvalue weighted by Gasteiger charge is 2.45. The molecule has 0 spiro atoms. The Morgan fingerprint density at radius 2 is 1.88 bits per heavy atom. The first kappa shape index (κ1) is 30.8. The first-order chi connectivity index (χ1) is 19.1. The lowest BCUT2D eigenvalue weighted by Crippen LogP contribution is -2.57. The van der Waals surface area contributed by atoms with Crippen molar-refractivity contribution in [1.29, 1.82) is 0 Å². The van der Waals surface area contributed by atoms with Crippen LogP contribution in [-0.4, -0.2) is 45.1 Å². The Balaban J connectivity index is 1.50. The van der Waals surface area contributed by atoms with Crippen LogP contribution in [0.4, 0.5) is 4.39 Å². The van der Waals surface area contributed by atoms with Gasteiger partial charge >= 0.3 is 0 Å². The molecule has 2 heterocycles. The van der Waals surface area contributed by atoms with Gasteiger partial charge in [0.2, 0.25) is 5.91 Å². The summed E-state index contributed by atoms with van der Waals surface area (Å²) in [6, 6.07) is 9.92. The molecule has 2 aromatic rings. The second-order valence-electron chi connectivity index (χ2n) is 13.1. The summed E-state index contributed by atoms with van der Waals surface area (Å²) in [6.07, 6.45) is 3.74. The minimum Gasteiger partial charge on any atom is -0.488 e. The van der Waals surface area contributed by atoms with Gasteiger partial charge < -0.3 is 25.2 Å². The summed E-state index contributed by atoms with van der Waals surface area (Å²) < 4.78 is 21.5. The van der Waals surface area contributed by atoms with Crippen molar-refractivity contribution in [3.05, 3.63) is 89.5 Å². The number of rotatable bonds is 9. The van der Waals surface area contributed by atoms with E-state index >= 15 is 4.39 Å². The number of aryl methyl sites for hydroxylation is 1. The SMILES string of the molecule is C=CN(Cc1c(C)cccc1OCc1ccc(C(O)(O)N2CC(C)(C)CC(C)(C)C2)cc1F)C1CCC(=O)NC1=C. The summed E-state index contributed by atoms with van der Waals surface area (Å²) >= 11 is 0. The molecule has 0 bridgehead atoms. The second-order valence-corrected chi connectivity index (χ2v) is 13.1. The number of ether oxygens (including phenoxy) is 1. The molecular weight excluding hydrogens is 521 g/mol. The zero-order valence-corrected chi connectivity index (χ0v) is 25.0. The molecule has 1 amide bonds. The number of carbonyl (C=O) groups is 1. The molecule has 8 heteroatoms. The molecule has 222 valence electrons. The number of piperidine rings is 2. The maximum absolute atomic E-state index is 15.3. The third-order valence-corrected chi connectivity index (χ3v) is 8.15. The first-order valence-corrected chi connectivity index (χ1v) is 14.2. The van der Waals surface area contributed by atoms with E-state index in [9.17, 15) is 15.0 Å². The average molecular weight is 566 g/mol. The van der Waals surface area contributed by atoms with E-state index in [4.69, 9.17) is 4.74 Å². The maximum Gasteiger partial charge on any atom is 0.253 e. The number of nitrogens with one attached hydrogen (secondary N) is 1. The van der Waals surface area contributed by atoms with Crippen molar-refractivity contribution in [3.8, 4) is 5.75 Å². The van der Waals surface area contributed by atoms with E-state index < -0.39 is 11.7 Å². The molecule has 0 aromatic heterocycles. The predicted molar refractivity (Wildman–Crippen MR) is 158 cm³/mol. The minimum atomic E-state index is -2.30. The van der Waals surface area contributed by atoms with Crippen LogP contribution in [0.5, 0.6) is 5.75 Å². The van der Waals surface area contributed by atoms with Gasteiger partial charge in [-0.1, -0.05) is 65.1 Å². The van der Waals surface area contributed by atoms with Crippen LogP contribution in [0.1, 0.15) is 69.2 Å². The molecule has 2 saturated heterocycles. The first-order valence-electron chi connectivity index (χ1n) is 14.2. The van der Waals surface area contributed by atoms with E-state index in [1.807, 2.05) is 30.0 Å². The molecule has 2 aromatic carbocycles. The van der Waals surface area contributed by atoms with Crippen LogP contribution in [0.3, 0.4) is 0 Å². The van der Waals surface area contributed by atoms with Crippen molar-refractivity contribution in [2.75, 3.05) is 13.1 Å². The molecular formula is C33H44FN3O4. The number of halogens is 1. The highest BCUT2D eigenvalue weighted by Crippen LogP contribution is 2.43. The summed E-state index contributed by atoms with van der Waals surface area (Å²) in [5.74, 6) is -2.29. The van der Waals surface area contributed by atoms with E-state index in [-0.39, 0.29) is 34.9 Å². The van der Waals surface area contributed by atoms with Crippen molar-refractivity contribution >= 4 is 5.91 Å². The summed E-state index contributed by atoms with van der Waals surface area (Å²) in [5, 5.41) is 25.1. The van der Waals surface area contributed by atoms with E-state index in [1.165, 1.54) is 6.07 Å². The van der Waals surface area contributed by atoms with E-state index in [2.05, 4.69) is 46.2 Å². The number of amides is 1. The van der Waals surface area contributed by atoms with Gasteiger partial charge in [-0.15, -0.1) is 0 Å².